The lowest BCUT2D eigenvalue weighted by molar-refractivity contribution is 0.472. The van der Waals surface area contributed by atoms with E-state index in [1.807, 2.05) is 6.07 Å². The molecule has 0 aromatic heterocycles. The smallest absolute Gasteiger partial charge is 0.276 e. The lowest BCUT2D eigenvalue weighted by Crippen LogP contribution is -2.21. The molecule has 3 aromatic rings. The number of phenols is 1. The molecule has 0 unspecified atom stereocenters. The van der Waals surface area contributed by atoms with E-state index < -0.39 is 20.0 Å². The number of hydrogen-bond donors (Lipinski definition) is 3. The first kappa shape index (κ1) is 23.6. The zero-order valence-corrected chi connectivity index (χ0v) is 20.1. The van der Waals surface area contributed by atoms with Gasteiger partial charge in [0.1, 0.15) is 11.5 Å². The third-order valence-electron chi connectivity index (χ3n) is 5.18. The molecular formula is C23H23N3O6S2. The Kier molecular flexibility index (Phi) is 6.24. The highest BCUT2D eigenvalue weighted by molar-refractivity contribution is 7.92. The SMILES string of the molecule is Cc1ccc(O)cc1S(=O)(=O)NN=C1CCc2cc(NS(C)(=O)=O)c(Oc3ccccc3)cc21. The van der Waals surface area contributed by atoms with Crippen molar-refractivity contribution < 1.29 is 26.7 Å². The number of sulfonamides is 2. The average Bonchev–Trinajstić information content (AvgIpc) is 3.15. The van der Waals surface area contributed by atoms with Gasteiger partial charge >= 0.3 is 0 Å². The summed E-state index contributed by atoms with van der Waals surface area (Å²) in [4.78, 5) is 2.17. The van der Waals surface area contributed by atoms with E-state index in [0.29, 0.717) is 35.4 Å². The van der Waals surface area contributed by atoms with Crippen LogP contribution in [0.5, 0.6) is 17.2 Å². The van der Waals surface area contributed by atoms with Crippen molar-refractivity contribution in [2.75, 3.05) is 11.0 Å². The lowest BCUT2D eigenvalue weighted by Gasteiger charge is -2.15. The molecule has 1 aliphatic carbocycles. The Morgan fingerprint density at radius 2 is 1.71 bits per heavy atom. The van der Waals surface area contributed by atoms with Crippen LogP contribution in [0.2, 0.25) is 0 Å². The molecule has 0 atom stereocenters. The number of aromatic hydroxyl groups is 1. The van der Waals surface area contributed by atoms with Gasteiger partial charge in [0.05, 0.1) is 22.6 Å². The number of rotatable bonds is 7. The van der Waals surface area contributed by atoms with Crippen LogP contribution in [0, 0.1) is 6.92 Å². The lowest BCUT2D eigenvalue weighted by atomic mass is 10.1. The van der Waals surface area contributed by atoms with E-state index in [1.54, 1.807) is 43.3 Å². The van der Waals surface area contributed by atoms with Crippen molar-refractivity contribution in [1.29, 1.82) is 0 Å². The van der Waals surface area contributed by atoms with Gasteiger partial charge < -0.3 is 9.84 Å². The Morgan fingerprint density at radius 3 is 2.41 bits per heavy atom. The maximum Gasteiger partial charge on any atom is 0.276 e. The summed E-state index contributed by atoms with van der Waals surface area (Å²) < 4.78 is 57.7. The Balaban J connectivity index is 1.70. The maximum absolute atomic E-state index is 12.8. The van der Waals surface area contributed by atoms with E-state index in [9.17, 15) is 21.9 Å². The van der Waals surface area contributed by atoms with Crippen LogP contribution in [0.25, 0.3) is 0 Å². The van der Waals surface area contributed by atoms with Crippen molar-refractivity contribution in [2.45, 2.75) is 24.7 Å². The van der Waals surface area contributed by atoms with Gasteiger partial charge in [-0.05, 0) is 61.2 Å². The van der Waals surface area contributed by atoms with E-state index in [-0.39, 0.29) is 22.1 Å². The minimum Gasteiger partial charge on any atom is -0.508 e. The van der Waals surface area contributed by atoms with Crippen molar-refractivity contribution in [3.8, 4) is 17.2 Å². The van der Waals surface area contributed by atoms with E-state index in [4.69, 9.17) is 4.74 Å². The second-order valence-electron chi connectivity index (χ2n) is 7.90. The van der Waals surface area contributed by atoms with Gasteiger partial charge in [0, 0.05) is 11.6 Å². The number of nitrogens with one attached hydrogen (secondary N) is 2. The summed E-state index contributed by atoms with van der Waals surface area (Å²) in [6, 6.07) is 16.3. The van der Waals surface area contributed by atoms with E-state index in [1.165, 1.54) is 12.1 Å². The number of ether oxygens (including phenoxy) is 1. The number of para-hydroxylation sites is 1. The molecule has 178 valence electrons. The summed E-state index contributed by atoms with van der Waals surface area (Å²) >= 11 is 0. The number of aryl methyl sites for hydroxylation is 2. The minimum atomic E-state index is -4.01. The predicted octanol–water partition coefficient (Wildman–Crippen LogP) is 3.49. The van der Waals surface area contributed by atoms with E-state index in [0.717, 1.165) is 17.9 Å². The zero-order valence-electron chi connectivity index (χ0n) is 18.4. The Bertz CT molecular complexity index is 1480. The van der Waals surface area contributed by atoms with Gasteiger partial charge in [0.2, 0.25) is 10.0 Å². The minimum absolute atomic E-state index is 0.0733. The number of nitrogens with zero attached hydrogens (tertiary/aromatic N) is 1. The zero-order chi connectivity index (χ0) is 24.5. The molecule has 0 saturated heterocycles. The summed E-state index contributed by atoms with van der Waals surface area (Å²) in [5.74, 6) is 0.602. The molecule has 0 amide bonds. The molecule has 4 rings (SSSR count). The van der Waals surface area contributed by atoms with E-state index in [2.05, 4.69) is 14.7 Å². The van der Waals surface area contributed by atoms with Crippen LogP contribution in [0.4, 0.5) is 5.69 Å². The second-order valence-corrected chi connectivity index (χ2v) is 11.3. The molecule has 0 heterocycles. The van der Waals surface area contributed by atoms with Crippen LogP contribution in [0.15, 0.2) is 70.7 Å². The summed E-state index contributed by atoms with van der Waals surface area (Å²) in [5.41, 5.74) is 2.69. The fourth-order valence-corrected chi connectivity index (χ4v) is 5.28. The van der Waals surface area contributed by atoms with Gasteiger partial charge in [0.25, 0.3) is 10.0 Å². The third kappa shape index (κ3) is 5.32. The van der Waals surface area contributed by atoms with Crippen molar-refractivity contribution in [3.63, 3.8) is 0 Å². The molecule has 9 nitrogen and oxygen atoms in total. The van der Waals surface area contributed by atoms with Gasteiger partial charge in [-0.1, -0.05) is 24.3 Å². The summed E-state index contributed by atoms with van der Waals surface area (Å²) in [6.07, 6.45) is 2.05. The van der Waals surface area contributed by atoms with Gasteiger partial charge in [-0.25, -0.2) is 8.42 Å². The summed E-state index contributed by atoms with van der Waals surface area (Å²) in [5, 5.41) is 13.8. The van der Waals surface area contributed by atoms with Gasteiger partial charge in [0.15, 0.2) is 5.75 Å². The maximum atomic E-state index is 12.8. The first-order valence-electron chi connectivity index (χ1n) is 10.3. The molecule has 0 bridgehead atoms. The van der Waals surface area contributed by atoms with Crippen molar-refractivity contribution in [2.24, 2.45) is 5.10 Å². The fourth-order valence-electron chi connectivity index (χ4n) is 3.63. The molecule has 0 radical (unpaired) electrons. The van der Waals surface area contributed by atoms with Crippen LogP contribution in [-0.4, -0.2) is 33.9 Å². The molecule has 34 heavy (non-hydrogen) atoms. The van der Waals surface area contributed by atoms with Crippen LogP contribution >= 0.6 is 0 Å². The number of phenolic OH excluding ortho intramolecular Hbond substituents is 1. The molecule has 0 fully saturated rings. The average molecular weight is 502 g/mol. The molecular weight excluding hydrogens is 478 g/mol. The molecule has 3 N–H and O–H groups in total. The van der Waals surface area contributed by atoms with Crippen LogP contribution in [0.3, 0.4) is 0 Å². The van der Waals surface area contributed by atoms with Crippen LogP contribution in [-0.2, 0) is 26.5 Å². The van der Waals surface area contributed by atoms with Gasteiger partial charge in [-0.15, -0.1) is 0 Å². The van der Waals surface area contributed by atoms with Crippen molar-refractivity contribution in [3.05, 3.63) is 77.4 Å². The van der Waals surface area contributed by atoms with Gasteiger partial charge in [-0.3, -0.25) is 4.72 Å². The number of hydrazone groups is 1. The fraction of sp³-hybridized carbons (Fsp3) is 0.174. The monoisotopic (exact) mass is 501 g/mol. The number of fused-ring (bicyclic) bond motifs is 1. The third-order valence-corrected chi connectivity index (χ3v) is 7.12. The second kappa shape index (κ2) is 8.99. The quantitative estimate of drug-likeness (QED) is 0.424. The van der Waals surface area contributed by atoms with Crippen molar-refractivity contribution in [1.82, 2.24) is 4.83 Å². The molecule has 11 heteroatoms. The molecule has 0 spiro atoms. The van der Waals surface area contributed by atoms with Gasteiger partial charge in [-0.2, -0.15) is 18.4 Å². The molecule has 0 aliphatic heterocycles. The Hall–Kier alpha value is -3.57. The number of anilines is 1. The summed E-state index contributed by atoms with van der Waals surface area (Å²) in [7, 11) is -7.58. The standard InChI is InChI=1S/C23H23N3O6S2/c1-15-8-10-17(27)13-23(15)34(30,31)26-24-20-11-9-16-12-21(25-33(2,28)29)22(14-19(16)20)32-18-6-4-3-5-7-18/h3-8,10,12-14,25-27H,9,11H2,1-2H3. The molecule has 3 aromatic carbocycles. The molecule has 0 saturated carbocycles. The Labute approximate surface area is 198 Å². The highest BCUT2D eigenvalue weighted by Crippen LogP contribution is 2.37. The highest BCUT2D eigenvalue weighted by Gasteiger charge is 2.24. The molecule has 1 aliphatic rings. The first-order chi connectivity index (χ1) is 16.0. The normalized spacial score (nSPS) is 14.6. The predicted molar refractivity (Wildman–Crippen MR) is 129 cm³/mol. The largest absolute Gasteiger partial charge is 0.508 e. The van der Waals surface area contributed by atoms with Crippen molar-refractivity contribution >= 4 is 31.4 Å². The highest BCUT2D eigenvalue weighted by atomic mass is 32.2. The first-order valence-corrected chi connectivity index (χ1v) is 13.7. The topological polar surface area (TPSA) is 134 Å². The summed E-state index contributed by atoms with van der Waals surface area (Å²) in [6.45, 7) is 1.62. The van der Waals surface area contributed by atoms with E-state index >= 15 is 0 Å². The Morgan fingerprint density at radius 1 is 0.971 bits per heavy atom. The number of benzene rings is 3. The van der Waals surface area contributed by atoms with Crippen LogP contribution in [0.1, 0.15) is 23.1 Å². The number of hydrogen-bond acceptors (Lipinski definition) is 7. The van der Waals surface area contributed by atoms with Crippen LogP contribution < -0.4 is 14.3 Å².